The average Bonchev–Trinajstić information content (AvgIpc) is 3.04. The van der Waals surface area contributed by atoms with Crippen LogP contribution in [0.2, 0.25) is 10.0 Å². The van der Waals surface area contributed by atoms with E-state index in [9.17, 15) is 14.0 Å². The molecule has 2 aromatic rings. The smallest absolute Gasteiger partial charge is 0.251 e. The predicted molar refractivity (Wildman–Crippen MR) is 100 cm³/mol. The van der Waals surface area contributed by atoms with Crippen LogP contribution in [0.4, 0.5) is 10.1 Å². The number of anilines is 1. The van der Waals surface area contributed by atoms with Crippen molar-refractivity contribution >= 4 is 40.7 Å². The third-order valence-electron chi connectivity index (χ3n) is 4.37. The minimum atomic E-state index is -0.591. The first-order valence-corrected chi connectivity index (χ1v) is 8.98. The van der Waals surface area contributed by atoms with Crippen molar-refractivity contribution < 1.29 is 14.0 Å². The van der Waals surface area contributed by atoms with Crippen LogP contribution < -0.4 is 10.2 Å². The van der Waals surface area contributed by atoms with Gasteiger partial charge in [-0.15, -0.1) is 0 Å². The quantitative estimate of drug-likeness (QED) is 0.760. The molecule has 3 rings (SSSR count). The Kier molecular flexibility index (Phi) is 5.49. The maximum absolute atomic E-state index is 13.7. The van der Waals surface area contributed by atoms with E-state index in [-0.39, 0.29) is 21.9 Å². The van der Waals surface area contributed by atoms with Gasteiger partial charge in [0.05, 0.1) is 11.1 Å². The van der Waals surface area contributed by atoms with Gasteiger partial charge < -0.3 is 10.2 Å². The first-order valence-electron chi connectivity index (χ1n) is 8.22. The molecule has 0 saturated carbocycles. The highest BCUT2D eigenvalue weighted by Crippen LogP contribution is 2.29. The van der Waals surface area contributed by atoms with E-state index in [2.05, 4.69) is 5.32 Å². The van der Waals surface area contributed by atoms with Crippen LogP contribution in [-0.4, -0.2) is 18.4 Å². The Morgan fingerprint density at radius 1 is 1.19 bits per heavy atom. The van der Waals surface area contributed by atoms with Crippen molar-refractivity contribution in [3.63, 3.8) is 0 Å². The minimum absolute atomic E-state index is 0.0654. The van der Waals surface area contributed by atoms with Crippen LogP contribution in [0.25, 0.3) is 0 Å². The molecule has 4 nitrogen and oxygen atoms in total. The molecule has 7 heteroatoms. The molecule has 1 atom stereocenters. The highest BCUT2D eigenvalue weighted by Gasteiger charge is 2.22. The number of carbonyl (C=O) groups excluding carboxylic acids is 2. The van der Waals surface area contributed by atoms with Gasteiger partial charge in [-0.3, -0.25) is 9.59 Å². The fraction of sp³-hybridized carbons (Fsp3) is 0.263. The Morgan fingerprint density at radius 2 is 1.88 bits per heavy atom. The van der Waals surface area contributed by atoms with Gasteiger partial charge in [-0.05, 0) is 55.3 Å². The van der Waals surface area contributed by atoms with Gasteiger partial charge in [-0.25, -0.2) is 4.39 Å². The molecule has 0 aliphatic carbocycles. The van der Waals surface area contributed by atoms with Gasteiger partial charge >= 0.3 is 0 Å². The number of nitrogens with one attached hydrogen (secondary N) is 1. The van der Waals surface area contributed by atoms with Gasteiger partial charge in [-0.1, -0.05) is 23.2 Å². The lowest BCUT2D eigenvalue weighted by molar-refractivity contribution is -0.117. The molecule has 2 amide bonds. The molecule has 1 heterocycles. The van der Waals surface area contributed by atoms with E-state index >= 15 is 0 Å². The number of hydrogen-bond donors (Lipinski definition) is 1. The van der Waals surface area contributed by atoms with Crippen molar-refractivity contribution in [2.75, 3.05) is 11.4 Å². The van der Waals surface area contributed by atoms with Crippen molar-refractivity contribution in [1.82, 2.24) is 5.32 Å². The molecule has 1 saturated heterocycles. The SMILES string of the molecule is C[C@@H](NC(=O)c1ccc(N2CCCC2=O)cc1)c1cc(F)c(Cl)cc1Cl. The summed E-state index contributed by atoms with van der Waals surface area (Å²) in [6, 6.07) is 8.85. The van der Waals surface area contributed by atoms with Crippen LogP contribution >= 0.6 is 23.2 Å². The average molecular weight is 395 g/mol. The van der Waals surface area contributed by atoms with Crippen LogP contribution in [0, 0.1) is 5.82 Å². The minimum Gasteiger partial charge on any atom is -0.345 e. The number of amides is 2. The largest absolute Gasteiger partial charge is 0.345 e. The molecule has 1 aliphatic rings. The Labute approximate surface area is 160 Å². The number of halogens is 3. The summed E-state index contributed by atoms with van der Waals surface area (Å²) in [6.07, 6.45) is 1.40. The molecule has 26 heavy (non-hydrogen) atoms. The molecule has 1 fully saturated rings. The first-order chi connectivity index (χ1) is 12.4. The second-order valence-electron chi connectivity index (χ2n) is 6.18. The van der Waals surface area contributed by atoms with Crippen molar-refractivity contribution in [3.05, 3.63) is 63.4 Å². The van der Waals surface area contributed by atoms with Gasteiger partial charge in [0.25, 0.3) is 5.91 Å². The molecule has 0 unspecified atom stereocenters. The summed E-state index contributed by atoms with van der Waals surface area (Å²) in [5.74, 6) is -0.815. The number of hydrogen-bond acceptors (Lipinski definition) is 2. The zero-order valence-electron chi connectivity index (χ0n) is 14.1. The number of carbonyl (C=O) groups is 2. The lowest BCUT2D eigenvalue weighted by atomic mass is 10.1. The Hall–Kier alpha value is -2.11. The van der Waals surface area contributed by atoms with Crippen molar-refractivity contribution in [1.29, 1.82) is 0 Å². The summed E-state index contributed by atoms with van der Waals surface area (Å²) in [5.41, 5.74) is 1.67. The van der Waals surface area contributed by atoms with Crippen molar-refractivity contribution in [2.24, 2.45) is 0 Å². The summed E-state index contributed by atoms with van der Waals surface area (Å²) in [5, 5.41) is 3.00. The third kappa shape index (κ3) is 3.84. The molecule has 0 bridgehead atoms. The molecular weight excluding hydrogens is 378 g/mol. The topological polar surface area (TPSA) is 49.4 Å². The fourth-order valence-electron chi connectivity index (χ4n) is 2.94. The fourth-order valence-corrected chi connectivity index (χ4v) is 3.49. The second-order valence-corrected chi connectivity index (χ2v) is 6.99. The number of nitrogens with zero attached hydrogens (tertiary/aromatic N) is 1. The third-order valence-corrected chi connectivity index (χ3v) is 4.99. The zero-order valence-corrected chi connectivity index (χ0v) is 15.6. The van der Waals surface area contributed by atoms with E-state index in [4.69, 9.17) is 23.2 Å². The highest BCUT2D eigenvalue weighted by molar-refractivity contribution is 6.35. The molecular formula is C19H17Cl2FN2O2. The summed E-state index contributed by atoms with van der Waals surface area (Å²) in [4.78, 5) is 25.9. The maximum Gasteiger partial charge on any atom is 0.251 e. The van der Waals surface area contributed by atoms with E-state index < -0.39 is 11.9 Å². The lowest BCUT2D eigenvalue weighted by Crippen LogP contribution is -2.27. The van der Waals surface area contributed by atoms with E-state index in [1.807, 2.05) is 0 Å². The van der Waals surface area contributed by atoms with Crippen molar-refractivity contribution in [2.45, 2.75) is 25.8 Å². The molecule has 0 radical (unpaired) electrons. The predicted octanol–water partition coefficient (Wildman–Crippen LogP) is 4.75. The summed E-state index contributed by atoms with van der Waals surface area (Å²) < 4.78 is 13.7. The van der Waals surface area contributed by atoms with Crippen molar-refractivity contribution in [3.8, 4) is 0 Å². The van der Waals surface area contributed by atoms with Gasteiger partial charge in [0, 0.05) is 29.2 Å². The van der Waals surface area contributed by atoms with Crippen LogP contribution in [0.15, 0.2) is 36.4 Å². The molecule has 2 aromatic carbocycles. The number of benzene rings is 2. The Bertz CT molecular complexity index is 855. The van der Waals surface area contributed by atoms with E-state index in [0.717, 1.165) is 12.1 Å². The highest BCUT2D eigenvalue weighted by atomic mass is 35.5. The summed E-state index contributed by atoms with van der Waals surface area (Å²) >= 11 is 11.8. The second kappa shape index (κ2) is 7.64. The van der Waals surface area contributed by atoms with Gasteiger partial charge in [0.1, 0.15) is 5.82 Å². The standard InChI is InChI=1S/C19H17Cl2FN2O2/c1-11(14-9-17(22)16(21)10-15(14)20)23-19(26)12-4-6-13(7-5-12)24-8-2-3-18(24)25/h4-7,9-11H,2-3,8H2,1H3,(H,23,26)/t11-/m1/s1. The zero-order chi connectivity index (χ0) is 18.8. The number of rotatable bonds is 4. The normalized spacial score (nSPS) is 15.2. The van der Waals surface area contributed by atoms with E-state index in [1.165, 1.54) is 12.1 Å². The van der Waals surface area contributed by atoms with Crippen LogP contribution in [0.1, 0.15) is 41.7 Å². The maximum atomic E-state index is 13.7. The molecule has 0 spiro atoms. The molecule has 1 aliphatic heterocycles. The van der Waals surface area contributed by atoms with Crippen LogP contribution in [-0.2, 0) is 4.79 Å². The monoisotopic (exact) mass is 394 g/mol. The van der Waals surface area contributed by atoms with Crippen LogP contribution in [0.3, 0.4) is 0 Å². The van der Waals surface area contributed by atoms with E-state index in [1.54, 1.807) is 36.1 Å². The first kappa shape index (κ1) is 18.7. The van der Waals surface area contributed by atoms with Gasteiger partial charge in [0.15, 0.2) is 0 Å². The Balaban J connectivity index is 1.71. The molecule has 136 valence electrons. The Morgan fingerprint density at radius 3 is 2.50 bits per heavy atom. The van der Waals surface area contributed by atoms with E-state index in [0.29, 0.717) is 24.1 Å². The molecule has 0 aromatic heterocycles. The molecule has 1 N–H and O–H groups in total. The summed E-state index contributed by atoms with van der Waals surface area (Å²) in [7, 11) is 0. The van der Waals surface area contributed by atoms with Crippen LogP contribution in [0.5, 0.6) is 0 Å². The summed E-state index contributed by atoms with van der Waals surface area (Å²) in [6.45, 7) is 2.41. The van der Waals surface area contributed by atoms with Gasteiger partial charge in [0.2, 0.25) is 5.91 Å². The van der Waals surface area contributed by atoms with Gasteiger partial charge in [-0.2, -0.15) is 0 Å². The lowest BCUT2D eigenvalue weighted by Gasteiger charge is -2.18.